The molecule has 1 heterocycles. The van der Waals surface area contributed by atoms with Gasteiger partial charge >= 0.3 is 0 Å². The molecule has 0 radical (unpaired) electrons. The molecule has 0 saturated heterocycles. The smallest absolute Gasteiger partial charge is 0.298 e. The number of nitrogens with zero attached hydrogens (tertiary/aromatic N) is 2. The van der Waals surface area contributed by atoms with Crippen LogP contribution in [0.5, 0.6) is 0 Å². The summed E-state index contributed by atoms with van der Waals surface area (Å²) in [5, 5.41) is 0. The standard InChI is InChI=1S/C11H15N3O3S/c1-14(6-7-18(2,15)16)11-13-10-8(12)4-3-5-9(10)17-11/h3-5H,6-7,12H2,1-2H3. The number of benzene rings is 1. The van der Waals surface area contributed by atoms with Crippen molar-refractivity contribution in [2.45, 2.75) is 0 Å². The maximum absolute atomic E-state index is 11.1. The average molecular weight is 269 g/mol. The molecular formula is C11H15N3O3S. The van der Waals surface area contributed by atoms with Gasteiger partial charge in [-0.3, -0.25) is 0 Å². The lowest BCUT2D eigenvalue weighted by molar-refractivity contribution is 0.582. The van der Waals surface area contributed by atoms with Gasteiger partial charge in [-0.25, -0.2) is 8.42 Å². The van der Waals surface area contributed by atoms with E-state index in [9.17, 15) is 8.42 Å². The minimum atomic E-state index is -3.00. The topological polar surface area (TPSA) is 89.4 Å². The Morgan fingerprint density at radius 1 is 1.44 bits per heavy atom. The van der Waals surface area contributed by atoms with E-state index in [4.69, 9.17) is 10.2 Å². The average Bonchev–Trinajstić information content (AvgIpc) is 2.70. The Kier molecular flexibility index (Phi) is 3.16. The Labute approximate surface area is 105 Å². The van der Waals surface area contributed by atoms with E-state index in [2.05, 4.69) is 4.98 Å². The van der Waals surface area contributed by atoms with Crippen molar-refractivity contribution < 1.29 is 12.8 Å². The number of oxazole rings is 1. The Hall–Kier alpha value is -1.76. The summed E-state index contributed by atoms with van der Waals surface area (Å²) in [5.74, 6) is 0.0533. The molecule has 0 fully saturated rings. The minimum absolute atomic E-state index is 0.0533. The Morgan fingerprint density at radius 2 is 2.17 bits per heavy atom. The molecule has 0 spiro atoms. The maximum atomic E-state index is 11.1. The number of rotatable bonds is 4. The number of hydrogen-bond donors (Lipinski definition) is 1. The summed E-state index contributed by atoms with van der Waals surface area (Å²) in [5.41, 5.74) is 7.51. The van der Waals surface area contributed by atoms with Crippen molar-refractivity contribution in [3.05, 3.63) is 18.2 Å². The number of fused-ring (bicyclic) bond motifs is 1. The zero-order valence-corrected chi connectivity index (χ0v) is 11.1. The number of sulfone groups is 1. The summed E-state index contributed by atoms with van der Waals surface area (Å²) >= 11 is 0. The molecule has 0 aliphatic heterocycles. The van der Waals surface area contributed by atoms with Gasteiger partial charge in [0, 0.05) is 19.8 Å². The van der Waals surface area contributed by atoms with Crippen LogP contribution in [0.4, 0.5) is 11.7 Å². The van der Waals surface area contributed by atoms with E-state index < -0.39 is 9.84 Å². The monoisotopic (exact) mass is 269 g/mol. The number of aromatic nitrogens is 1. The second-order valence-electron chi connectivity index (χ2n) is 4.24. The van der Waals surface area contributed by atoms with Gasteiger partial charge in [-0.15, -0.1) is 0 Å². The van der Waals surface area contributed by atoms with Crippen LogP contribution in [0.2, 0.25) is 0 Å². The lowest BCUT2D eigenvalue weighted by Crippen LogP contribution is -2.25. The van der Waals surface area contributed by atoms with Crippen molar-refractivity contribution >= 4 is 32.6 Å². The van der Waals surface area contributed by atoms with Crippen LogP contribution in [-0.4, -0.2) is 39.0 Å². The van der Waals surface area contributed by atoms with Crippen molar-refractivity contribution in [1.82, 2.24) is 4.98 Å². The molecule has 7 heteroatoms. The molecule has 2 N–H and O–H groups in total. The van der Waals surface area contributed by atoms with Gasteiger partial charge < -0.3 is 15.1 Å². The van der Waals surface area contributed by atoms with Crippen LogP contribution in [0.15, 0.2) is 22.6 Å². The zero-order valence-electron chi connectivity index (χ0n) is 10.3. The minimum Gasteiger partial charge on any atom is -0.423 e. The van der Waals surface area contributed by atoms with E-state index in [0.29, 0.717) is 29.3 Å². The first-order chi connectivity index (χ1) is 8.37. The van der Waals surface area contributed by atoms with Gasteiger partial charge in [0.2, 0.25) is 0 Å². The van der Waals surface area contributed by atoms with Gasteiger partial charge in [0.15, 0.2) is 5.58 Å². The summed E-state index contributed by atoms with van der Waals surface area (Å²) in [6.45, 7) is 0.325. The maximum Gasteiger partial charge on any atom is 0.298 e. The third-order valence-corrected chi connectivity index (χ3v) is 3.49. The van der Waals surface area contributed by atoms with Crippen LogP contribution >= 0.6 is 0 Å². The molecule has 18 heavy (non-hydrogen) atoms. The number of anilines is 2. The molecule has 98 valence electrons. The highest BCUT2D eigenvalue weighted by atomic mass is 32.2. The SMILES string of the molecule is CN(CCS(C)(=O)=O)c1nc2c(N)cccc2o1. The van der Waals surface area contributed by atoms with E-state index in [1.165, 1.54) is 6.26 Å². The number of para-hydroxylation sites is 1. The highest BCUT2D eigenvalue weighted by molar-refractivity contribution is 7.90. The quantitative estimate of drug-likeness (QED) is 0.829. The Bertz CT molecular complexity index is 663. The molecule has 0 bridgehead atoms. The van der Waals surface area contributed by atoms with E-state index in [1.54, 1.807) is 30.1 Å². The van der Waals surface area contributed by atoms with Crippen molar-refractivity contribution in [2.24, 2.45) is 0 Å². The summed E-state index contributed by atoms with van der Waals surface area (Å²) in [6.07, 6.45) is 1.20. The fourth-order valence-electron chi connectivity index (χ4n) is 1.52. The molecule has 0 saturated carbocycles. The summed E-state index contributed by atoms with van der Waals surface area (Å²) < 4.78 is 27.7. The molecule has 2 aromatic rings. The molecule has 0 aliphatic carbocycles. The lowest BCUT2D eigenvalue weighted by atomic mass is 10.3. The van der Waals surface area contributed by atoms with Crippen molar-refractivity contribution in [2.75, 3.05) is 36.2 Å². The fourth-order valence-corrected chi connectivity index (χ4v) is 2.13. The highest BCUT2D eigenvalue weighted by Crippen LogP contribution is 2.25. The first-order valence-electron chi connectivity index (χ1n) is 5.41. The predicted octanol–water partition coefficient (Wildman–Crippen LogP) is 0.891. The molecule has 2 rings (SSSR count). The molecule has 6 nitrogen and oxygen atoms in total. The molecule has 0 atom stereocenters. The molecule has 0 unspecified atom stereocenters. The van der Waals surface area contributed by atoms with Gasteiger partial charge in [-0.2, -0.15) is 4.98 Å². The highest BCUT2D eigenvalue weighted by Gasteiger charge is 2.13. The van der Waals surface area contributed by atoms with Crippen LogP contribution in [0, 0.1) is 0 Å². The van der Waals surface area contributed by atoms with E-state index in [1.807, 2.05) is 0 Å². The van der Waals surface area contributed by atoms with Crippen LogP contribution in [0.3, 0.4) is 0 Å². The van der Waals surface area contributed by atoms with Crippen LogP contribution in [0.25, 0.3) is 11.1 Å². The predicted molar refractivity (Wildman–Crippen MR) is 71.4 cm³/mol. The van der Waals surface area contributed by atoms with Crippen molar-refractivity contribution in [1.29, 1.82) is 0 Å². The summed E-state index contributed by atoms with van der Waals surface area (Å²) in [4.78, 5) is 5.91. The van der Waals surface area contributed by atoms with E-state index in [0.717, 1.165) is 0 Å². The first-order valence-corrected chi connectivity index (χ1v) is 7.47. The number of nitrogens with two attached hydrogens (primary N) is 1. The second kappa shape index (κ2) is 4.49. The van der Waals surface area contributed by atoms with Crippen molar-refractivity contribution in [3.8, 4) is 0 Å². The molecule has 1 aromatic carbocycles. The summed E-state index contributed by atoms with van der Waals surface area (Å²) in [6, 6.07) is 5.66. The second-order valence-corrected chi connectivity index (χ2v) is 6.50. The lowest BCUT2D eigenvalue weighted by Gasteiger charge is -2.12. The Balaban J connectivity index is 2.23. The molecular weight excluding hydrogens is 254 g/mol. The van der Waals surface area contributed by atoms with Crippen LogP contribution < -0.4 is 10.6 Å². The molecule has 0 amide bonds. The van der Waals surface area contributed by atoms with Gasteiger partial charge in [-0.1, -0.05) is 6.07 Å². The van der Waals surface area contributed by atoms with E-state index in [-0.39, 0.29) is 5.75 Å². The molecule has 1 aromatic heterocycles. The number of nitrogen functional groups attached to an aromatic ring is 1. The zero-order chi connectivity index (χ0) is 13.3. The van der Waals surface area contributed by atoms with E-state index >= 15 is 0 Å². The van der Waals surface area contributed by atoms with Gasteiger partial charge in [-0.05, 0) is 12.1 Å². The van der Waals surface area contributed by atoms with Gasteiger partial charge in [0.1, 0.15) is 15.4 Å². The largest absolute Gasteiger partial charge is 0.423 e. The van der Waals surface area contributed by atoms with Crippen LogP contribution in [-0.2, 0) is 9.84 Å². The van der Waals surface area contributed by atoms with Crippen molar-refractivity contribution in [3.63, 3.8) is 0 Å². The van der Waals surface area contributed by atoms with Crippen LogP contribution in [0.1, 0.15) is 0 Å². The Morgan fingerprint density at radius 3 is 2.78 bits per heavy atom. The first kappa shape index (κ1) is 12.7. The summed E-state index contributed by atoms with van der Waals surface area (Å²) in [7, 11) is -1.27. The third kappa shape index (κ3) is 2.73. The van der Waals surface area contributed by atoms with Gasteiger partial charge in [0.25, 0.3) is 6.01 Å². The fraction of sp³-hybridized carbons (Fsp3) is 0.364. The normalized spacial score (nSPS) is 11.9. The third-order valence-electron chi connectivity index (χ3n) is 2.56. The van der Waals surface area contributed by atoms with Gasteiger partial charge in [0.05, 0.1) is 11.4 Å². The molecule has 0 aliphatic rings. The number of hydrogen-bond acceptors (Lipinski definition) is 6.